The number of benzene rings is 2. The lowest BCUT2D eigenvalue weighted by atomic mass is 10.1. The van der Waals surface area contributed by atoms with Gasteiger partial charge in [-0.25, -0.2) is 4.39 Å². The second-order valence-electron chi connectivity index (χ2n) is 6.36. The molecule has 0 aliphatic heterocycles. The number of para-hydroxylation sites is 1. The van der Waals surface area contributed by atoms with Gasteiger partial charge in [-0.2, -0.15) is 0 Å². The Morgan fingerprint density at radius 1 is 1.11 bits per heavy atom. The topological polar surface area (TPSA) is 74.8 Å². The van der Waals surface area contributed by atoms with E-state index >= 15 is 0 Å². The van der Waals surface area contributed by atoms with Crippen LogP contribution >= 0.6 is 0 Å². The zero-order valence-corrected chi connectivity index (χ0v) is 16.5. The molecular formula is C21H27FN4O2. The monoisotopic (exact) mass is 386 g/mol. The third-order valence-electron chi connectivity index (χ3n) is 3.93. The predicted molar refractivity (Wildman–Crippen MR) is 109 cm³/mol. The number of halogens is 1. The number of hydrogen-bond acceptors (Lipinski definition) is 3. The van der Waals surface area contributed by atoms with Gasteiger partial charge in [-0.1, -0.05) is 29.8 Å². The Labute approximate surface area is 165 Å². The number of rotatable bonds is 8. The van der Waals surface area contributed by atoms with Crippen molar-refractivity contribution in [3.8, 4) is 5.75 Å². The number of ether oxygens (including phenoxy) is 1. The standard InChI is InChI=1S/C21H27FN4O2/c1-15-7-6-8-17(13-15)20(27)24-11-12-25-21(23-3)26-14-16(2)28-19-10-5-4-9-18(19)22/h4-10,13,16H,11-12,14H2,1-3H3,(H,24,27)(H2,23,25,26). The van der Waals surface area contributed by atoms with Crippen molar-refractivity contribution in [2.75, 3.05) is 26.7 Å². The molecule has 2 aromatic rings. The second kappa shape index (κ2) is 10.9. The number of nitrogens with one attached hydrogen (secondary N) is 3. The van der Waals surface area contributed by atoms with Crippen molar-refractivity contribution in [1.82, 2.24) is 16.0 Å². The van der Waals surface area contributed by atoms with Crippen molar-refractivity contribution in [1.29, 1.82) is 0 Å². The van der Waals surface area contributed by atoms with Gasteiger partial charge in [0.1, 0.15) is 6.10 Å². The van der Waals surface area contributed by atoms with E-state index in [-0.39, 0.29) is 23.6 Å². The van der Waals surface area contributed by atoms with Gasteiger partial charge in [0.15, 0.2) is 17.5 Å². The minimum atomic E-state index is -0.388. The Morgan fingerprint density at radius 2 is 1.86 bits per heavy atom. The zero-order chi connectivity index (χ0) is 20.4. The van der Waals surface area contributed by atoms with Crippen LogP contribution in [0.1, 0.15) is 22.8 Å². The van der Waals surface area contributed by atoms with Crippen LogP contribution in [0.15, 0.2) is 53.5 Å². The highest BCUT2D eigenvalue weighted by Crippen LogP contribution is 2.16. The molecule has 1 amide bonds. The Morgan fingerprint density at radius 3 is 2.57 bits per heavy atom. The summed E-state index contributed by atoms with van der Waals surface area (Å²) < 4.78 is 19.2. The van der Waals surface area contributed by atoms with Crippen LogP contribution in [0.2, 0.25) is 0 Å². The molecule has 0 aromatic heterocycles. The number of guanidine groups is 1. The summed E-state index contributed by atoms with van der Waals surface area (Å²) in [7, 11) is 1.66. The maximum atomic E-state index is 13.6. The zero-order valence-electron chi connectivity index (χ0n) is 16.5. The SMILES string of the molecule is CN=C(NCCNC(=O)c1cccc(C)c1)NCC(C)Oc1ccccc1F. The lowest BCUT2D eigenvalue weighted by molar-refractivity contribution is 0.0954. The van der Waals surface area contributed by atoms with E-state index in [1.807, 2.05) is 32.0 Å². The minimum absolute atomic E-state index is 0.111. The molecule has 0 heterocycles. The van der Waals surface area contributed by atoms with E-state index in [4.69, 9.17) is 4.74 Å². The van der Waals surface area contributed by atoms with Gasteiger partial charge in [-0.05, 0) is 38.1 Å². The minimum Gasteiger partial charge on any atom is -0.486 e. The lowest BCUT2D eigenvalue weighted by Gasteiger charge is -2.18. The van der Waals surface area contributed by atoms with Gasteiger partial charge < -0.3 is 20.7 Å². The highest BCUT2D eigenvalue weighted by molar-refractivity contribution is 5.94. The Kier molecular flexibility index (Phi) is 8.27. The second-order valence-corrected chi connectivity index (χ2v) is 6.36. The highest BCUT2D eigenvalue weighted by Gasteiger charge is 2.09. The quantitative estimate of drug-likeness (QED) is 0.370. The maximum absolute atomic E-state index is 13.6. The smallest absolute Gasteiger partial charge is 0.251 e. The van der Waals surface area contributed by atoms with Crippen LogP contribution in [0.5, 0.6) is 5.75 Å². The van der Waals surface area contributed by atoms with Gasteiger partial charge in [0, 0.05) is 25.7 Å². The summed E-state index contributed by atoms with van der Waals surface area (Å²) in [4.78, 5) is 16.2. The number of aryl methyl sites for hydroxylation is 1. The molecule has 0 radical (unpaired) electrons. The van der Waals surface area contributed by atoms with Crippen molar-refractivity contribution in [3.63, 3.8) is 0 Å². The molecule has 6 nitrogen and oxygen atoms in total. The molecule has 2 aromatic carbocycles. The predicted octanol–water partition coefficient (Wildman–Crippen LogP) is 2.50. The molecule has 0 saturated carbocycles. The molecule has 0 fully saturated rings. The largest absolute Gasteiger partial charge is 0.486 e. The van der Waals surface area contributed by atoms with Crippen LogP contribution in [0.3, 0.4) is 0 Å². The fraction of sp³-hybridized carbons (Fsp3) is 0.333. The van der Waals surface area contributed by atoms with Crippen LogP contribution in [0.25, 0.3) is 0 Å². The summed E-state index contributed by atoms with van der Waals surface area (Å²) in [5, 5.41) is 9.09. The van der Waals surface area contributed by atoms with Gasteiger partial charge in [0.25, 0.3) is 5.91 Å². The van der Waals surface area contributed by atoms with E-state index in [0.29, 0.717) is 31.2 Å². The van der Waals surface area contributed by atoms with Crippen molar-refractivity contribution < 1.29 is 13.9 Å². The van der Waals surface area contributed by atoms with E-state index in [1.165, 1.54) is 6.07 Å². The van der Waals surface area contributed by atoms with E-state index in [1.54, 1.807) is 31.3 Å². The lowest BCUT2D eigenvalue weighted by Crippen LogP contribution is -2.44. The Hall–Kier alpha value is -3.09. The van der Waals surface area contributed by atoms with E-state index in [2.05, 4.69) is 20.9 Å². The van der Waals surface area contributed by atoms with Crippen molar-refractivity contribution in [2.24, 2.45) is 4.99 Å². The molecule has 1 atom stereocenters. The van der Waals surface area contributed by atoms with E-state index in [9.17, 15) is 9.18 Å². The summed E-state index contributed by atoms with van der Waals surface area (Å²) in [6.07, 6.45) is -0.253. The average Bonchev–Trinajstić information content (AvgIpc) is 2.69. The van der Waals surface area contributed by atoms with Crippen molar-refractivity contribution in [2.45, 2.75) is 20.0 Å². The summed E-state index contributed by atoms with van der Waals surface area (Å²) in [6, 6.07) is 13.7. The third kappa shape index (κ3) is 6.90. The molecule has 0 saturated heterocycles. The molecule has 1 unspecified atom stereocenters. The number of carbonyl (C=O) groups excluding carboxylic acids is 1. The summed E-state index contributed by atoms with van der Waals surface area (Å²) in [5.74, 6) is 0.300. The summed E-state index contributed by atoms with van der Waals surface area (Å²) in [5.41, 5.74) is 1.68. The van der Waals surface area contributed by atoms with Crippen molar-refractivity contribution in [3.05, 3.63) is 65.5 Å². The first-order valence-electron chi connectivity index (χ1n) is 9.20. The molecule has 3 N–H and O–H groups in total. The molecule has 0 spiro atoms. The fourth-order valence-electron chi connectivity index (χ4n) is 2.51. The van der Waals surface area contributed by atoms with Crippen LogP contribution in [-0.4, -0.2) is 44.7 Å². The fourth-order valence-corrected chi connectivity index (χ4v) is 2.51. The number of aliphatic imine (C=N–C) groups is 1. The molecule has 28 heavy (non-hydrogen) atoms. The number of carbonyl (C=O) groups is 1. The first-order valence-corrected chi connectivity index (χ1v) is 9.20. The van der Waals surface area contributed by atoms with E-state index < -0.39 is 0 Å². The first-order chi connectivity index (χ1) is 13.5. The highest BCUT2D eigenvalue weighted by atomic mass is 19.1. The Balaban J connectivity index is 1.68. The van der Waals surface area contributed by atoms with Crippen molar-refractivity contribution >= 4 is 11.9 Å². The van der Waals surface area contributed by atoms with Crippen LogP contribution in [0.4, 0.5) is 4.39 Å². The number of amides is 1. The summed E-state index contributed by atoms with van der Waals surface area (Å²) >= 11 is 0. The normalized spacial score (nSPS) is 12.2. The molecule has 0 aliphatic carbocycles. The molecule has 0 bridgehead atoms. The van der Waals surface area contributed by atoms with Gasteiger partial charge in [-0.3, -0.25) is 9.79 Å². The average molecular weight is 386 g/mol. The number of hydrogen-bond donors (Lipinski definition) is 3. The molecule has 7 heteroatoms. The van der Waals surface area contributed by atoms with E-state index in [0.717, 1.165) is 5.56 Å². The van der Waals surface area contributed by atoms with Crippen LogP contribution in [-0.2, 0) is 0 Å². The van der Waals surface area contributed by atoms with Gasteiger partial charge in [0.2, 0.25) is 0 Å². The van der Waals surface area contributed by atoms with Crippen LogP contribution in [0, 0.1) is 12.7 Å². The Bertz CT molecular complexity index is 810. The third-order valence-corrected chi connectivity index (χ3v) is 3.93. The summed E-state index contributed by atoms with van der Waals surface area (Å²) in [6.45, 7) is 5.21. The molecular weight excluding hydrogens is 359 g/mol. The van der Waals surface area contributed by atoms with Gasteiger partial charge >= 0.3 is 0 Å². The molecule has 2 rings (SSSR count). The first kappa shape index (κ1) is 21.2. The number of nitrogens with zero attached hydrogens (tertiary/aromatic N) is 1. The van der Waals surface area contributed by atoms with Gasteiger partial charge in [-0.15, -0.1) is 0 Å². The van der Waals surface area contributed by atoms with Gasteiger partial charge in [0.05, 0.1) is 6.54 Å². The van der Waals surface area contributed by atoms with Crippen LogP contribution < -0.4 is 20.7 Å². The maximum Gasteiger partial charge on any atom is 0.251 e. The molecule has 0 aliphatic rings. The molecule has 150 valence electrons.